The summed E-state index contributed by atoms with van der Waals surface area (Å²) in [5, 5.41) is 0. The van der Waals surface area contributed by atoms with Gasteiger partial charge in [-0.15, -0.1) is 0 Å². The number of allylic oxidation sites excluding steroid dienone is 1. The Morgan fingerprint density at radius 3 is 2.05 bits per heavy atom. The van der Waals surface area contributed by atoms with Crippen molar-refractivity contribution in [1.82, 2.24) is 0 Å². The molecule has 118 valence electrons. The number of benzene rings is 1. The van der Waals surface area contributed by atoms with E-state index in [1.54, 1.807) is 26.0 Å². The largest absolute Gasteiger partial charge is 0.465 e. The summed E-state index contributed by atoms with van der Waals surface area (Å²) in [6.45, 7) is 9.07. The third-order valence-corrected chi connectivity index (χ3v) is 3.29. The maximum absolute atomic E-state index is 12.2. The second-order valence-electron chi connectivity index (χ2n) is 4.84. The number of hydrogen-bond donors (Lipinski definition) is 0. The van der Waals surface area contributed by atoms with Gasteiger partial charge in [-0.1, -0.05) is 49.1 Å². The minimum atomic E-state index is -1.54. The Kier molecular flexibility index (Phi) is 6.57. The summed E-state index contributed by atoms with van der Waals surface area (Å²) in [4.78, 5) is 24.4. The molecule has 22 heavy (non-hydrogen) atoms. The molecular weight excluding hydrogens is 280 g/mol. The van der Waals surface area contributed by atoms with E-state index in [4.69, 9.17) is 9.47 Å². The number of ether oxygens (including phenoxy) is 2. The molecule has 0 fully saturated rings. The first-order valence-corrected chi connectivity index (χ1v) is 7.23. The molecule has 0 N–H and O–H groups in total. The fraction of sp³-hybridized carbons (Fsp3) is 0.333. The summed E-state index contributed by atoms with van der Waals surface area (Å²) in [5.41, 5.74) is -0.274. The lowest BCUT2D eigenvalue weighted by Crippen LogP contribution is -2.40. The van der Waals surface area contributed by atoms with Gasteiger partial charge in [-0.05, 0) is 31.9 Å². The molecule has 4 nitrogen and oxygen atoms in total. The molecule has 0 saturated heterocycles. The van der Waals surface area contributed by atoms with Gasteiger partial charge in [-0.25, -0.2) is 0 Å². The van der Waals surface area contributed by atoms with Crippen LogP contribution in [0.1, 0.15) is 26.3 Å². The molecule has 0 amide bonds. The summed E-state index contributed by atoms with van der Waals surface area (Å²) < 4.78 is 10.0. The van der Waals surface area contributed by atoms with Crippen molar-refractivity contribution in [3.8, 4) is 0 Å². The smallest absolute Gasteiger partial charge is 0.327 e. The SMILES string of the molecule is C=C(/C=C/c1ccccc1)C(C)(C(=O)OCC)C(=O)OCC. The predicted octanol–water partition coefficient (Wildman–Crippen LogP) is 3.39. The molecule has 0 spiro atoms. The maximum Gasteiger partial charge on any atom is 0.327 e. The summed E-state index contributed by atoms with van der Waals surface area (Å²) in [5.74, 6) is -1.31. The van der Waals surface area contributed by atoms with Crippen molar-refractivity contribution in [3.05, 3.63) is 54.1 Å². The van der Waals surface area contributed by atoms with Gasteiger partial charge in [0, 0.05) is 0 Å². The van der Waals surface area contributed by atoms with Crippen molar-refractivity contribution in [2.24, 2.45) is 5.41 Å². The van der Waals surface area contributed by atoms with Gasteiger partial charge in [0.15, 0.2) is 5.41 Å². The van der Waals surface area contributed by atoms with Gasteiger partial charge in [0.1, 0.15) is 0 Å². The lowest BCUT2D eigenvalue weighted by atomic mass is 9.82. The topological polar surface area (TPSA) is 52.6 Å². The minimum Gasteiger partial charge on any atom is -0.465 e. The zero-order chi connectivity index (χ0) is 16.6. The Balaban J connectivity index is 3.05. The number of carbonyl (C=O) groups excluding carboxylic acids is 2. The molecule has 0 atom stereocenters. The van der Waals surface area contributed by atoms with Gasteiger partial charge in [-0.3, -0.25) is 9.59 Å². The van der Waals surface area contributed by atoms with Crippen molar-refractivity contribution >= 4 is 18.0 Å². The van der Waals surface area contributed by atoms with E-state index >= 15 is 0 Å². The van der Waals surface area contributed by atoms with E-state index in [0.29, 0.717) is 5.57 Å². The summed E-state index contributed by atoms with van der Waals surface area (Å²) in [6, 6.07) is 9.54. The molecule has 0 aliphatic rings. The van der Waals surface area contributed by atoms with Crippen LogP contribution in [0.25, 0.3) is 6.08 Å². The Labute approximate surface area is 131 Å². The normalized spacial score (nSPS) is 11.2. The first-order chi connectivity index (χ1) is 10.5. The van der Waals surface area contributed by atoms with Crippen LogP contribution in [0.15, 0.2) is 48.6 Å². The molecule has 0 aliphatic carbocycles. The van der Waals surface area contributed by atoms with Gasteiger partial charge in [0.25, 0.3) is 0 Å². The van der Waals surface area contributed by atoms with E-state index < -0.39 is 17.4 Å². The monoisotopic (exact) mass is 302 g/mol. The van der Waals surface area contributed by atoms with Crippen LogP contribution in [-0.2, 0) is 19.1 Å². The highest BCUT2D eigenvalue weighted by molar-refractivity contribution is 6.03. The van der Waals surface area contributed by atoms with Gasteiger partial charge in [0.2, 0.25) is 0 Å². The lowest BCUT2D eigenvalue weighted by Gasteiger charge is -2.25. The van der Waals surface area contributed by atoms with E-state index in [0.717, 1.165) is 5.56 Å². The molecule has 0 aromatic heterocycles. The van der Waals surface area contributed by atoms with Crippen LogP contribution in [0.5, 0.6) is 0 Å². The highest BCUT2D eigenvalue weighted by atomic mass is 16.6. The number of hydrogen-bond acceptors (Lipinski definition) is 4. The van der Waals surface area contributed by atoms with E-state index in [1.807, 2.05) is 30.3 Å². The molecular formula is C18H22O4. The lowest BCUT2D eigenvalue weighted by molar-refractivity contribution is -0.167. The molecule has 1 rings (SSSR count). The van der Waals surface area contributed by atoms with Crippen LogP contribution >= 0.6 is 0 Å². The predicted molar refractivity (Wildman–Crippen MR) is 86.0 cm³/mol. The first-order valence-electron chi connectivity index (χ1n) is 7.23. The third kappa shape index (κ3) is 4.07. The molecule has 0 heterocycles. The van der Waals surface area contributed by atoms with Crippen molar-refractivity contribution in [2.45, 2.75) is 20.8 Å². The molecule has 0 bridgehead atoms. The molecule has 0 saturated carbocycles. The van der Waals surface area contributed by atoms with E-state index in [9.17, 15) is 9.59 Å². The molecule has 0 unspecified atom stereocenters. The van der Waals surface area contributed by atoms with Gasteiger partial charge >= 0.3 is 11.9 Å². The van der Waals surface area contributed by atoms with Crippen LogP contribution in [0.4, 0.5) is 0 Å². The zero-order valence-electron chi connectivity index (χ0n) is 13.3. The highest BCUT2D eigenvalue weighted by Crippen LogP contribution is 2.31. The Morgan fingerprint density at radius 1 is 1.09 bits per heavy atom. The second kappa shape index (κ2) is 8.17. The van der Waals surface area contributed by atoms with Crippen LogP contribution in [-0.4, -0.2) is 25.2 Å². The summed E-state index contributed by atoms with van der Waals surface area (Å²) in [7, 11) is 0. The van der Waals surface area contributed by atoms with Gasteiger partial charge in [0.05, 0.1) is 13.2 Å². The number of carbonyl (C=O) groups is 2. The van der Waals surface area contributed by atoms with Crippen molar-refractivity contribution in [2.75, 3.05) is 13.2 Å². The summed E-state index contributed by atoms with van der Waals surface area (Å²) >= 11 is 0. The van der Waals surface area contributed by atoms with Crippen LogP contribution in [0.3, 0.4) is 0 Å². The molecule has 1 aromatic carbocycles. The van der Waals surface area contributed by atoms with Crippen molar-refractivity contribution < 1.29 is 19.1 Å². The third-order valence-electron chi connectivity index (χ3n) is 3.29. The molecule has 1 aromatic rings. The Bertz CT molecular complexity index is 540. The van der Waals surface area contributed by atoms with Crippen LogP contribution in [0.2, 0.25) is 0 Å². The Morgan fingerprint density at radius 2 is 1.59 bits per heavy atom. The maximum atomic E-state index is 12.2. The first kappa shape index (κ1) is 17.7. The molecule has 4 heteroatoms. The van der Waals surface area contributed by atoms with E-state index in [1.165, 1.54) is 6.92 Å². The molecule has 0 aliphatic heterocycles. The highest BCUT2D eigenvalue weighted by Gasteiger charge is 2.46. The fourth-order valence-corrected chi connectivity index (χ4v) is 1.82. The van der Waals surface area contributed by atoms with E-state index in [2.05, 4.69) is 6.58 Å². The Hall–Kier alpha value is -2.36. The van der Waals surface area contributed by atoms with Crippen molar-refractivity contribution in [3.63, 3.8) is 0 Å². The van der Waals surface area contributed by atoms with Crippen LogP contribution in [0, 0.1) is 5.41 Å². The molecule has 0 radical (unpaired) electrons. The quantitative estimate of drug-likeness (QED) is 0.440. The van der Waals surface area contributed by atoms with Gasteiger partial charge in [-0.2, -0.15) is 0 Å². The fourth-order valence-electron chi connectivity index (χ4n) is 1.82. The minimum absolute atomic E-state index is 0.184. The standard InChI is InChI=1S/C18H22O4/c1-5-21-16(19)18(4,17(20)22-6-2)14(3)12-13-15-10-8-7-9-11-15/h7-13H,3,5-6H2,1-2,4H3/b13-12+. The number of rotatable bonds is 7. The van der Waals surface area contributed by atoms with E-state index in [-0.39, 0.29) is 13.2 Å². The zero-order valence-corrected chi connectivity index (χ0v) is 13.3. The van der Waals surface area contributed by atoms with Crippen LogP contribution < -0.4 is 0 Å². The summed E-state index contributed by atoms with van der Waals surface area (Å²) in [6.07, 6.45) is 3.43. The average Bonchev–Trinajstić information content (AvgIpc) is 2.53. The average molecular weight is 302 g/mol. The second-order valence-corrected chi connectivity index (χ2v) is 4.84. The number of esters is 2. The van der Waals surface area contributed by atoms with Crippen molar-refractivity contribution in [1.29, 1.82) is 0 Å². The van der Waals surface area contributed by atoms with Gasteiger partial charge < -0.3 is 9.47 Å².